The normalized spacial score (nSPS) is 9.71. The molecular weight excluding hydrogens is 176 g/mol. The van der Waals surface area contributed by atoms with E-state index in [1.165, 1.54) is 5.52 Å². The van der Waals surface area contributed by atoms with Gasteiger partial charge in [0.1, 0.15) is 5.82 Å². The Kier molecular flexibility index (Phi) is 3.65. The van der Waals surface area contributed by atoms with Crippen molar-refractivity contribution in [2.45, 2.75) is 13.8 Å². The Labute approximate surface area is 84.0 Å². The van der Waals surface area contributed by atoms with E-state index in [0.29, 0.717) is 0 Å². The first-order valence-electron chi connectivity index (χ1n) is 4.69. The maximum atomic E-state index is 7.57. The molecule has 0 saturated carbocycles. The first-order valence-corrected chi connectivity index (χ1v) is 4.69. The average Bonchev–Trinajstić information content (AvgIpc) is 2.45. The van der Waals surface area contributed by atoms with Crippen molar-refractivity contribution in [3.63, 3.8) is 0 Å². The lowest BCUT2D eigenvalue weighted by Crippen LogP contribution is -1.89. The van der Waals surface area contributed by atoms with Crippen LogP contribution in [0.15, 0.2) is 24.3 Å². The van der Waals surface area contributed by atoms with Crippen molar-refractivity contribution in [1.82, 2.24) is 9.55 Å². The van der Waals surface area contributed by atoms with E-state index < -0.39 is 0 Å². The molecule has 1 aromatic carbocycles. The molecular formula is C11H16N2O. The quantitative estimate of drug-likeness (QED) is 0.692. The number of aliphatic hydroxyl groups excluding tert-OH is 1. The van der Waals surface area contributed by atoms with E-state index >= 15 is 0 Å². The van der Waals surface area contributed by atoms with E-state index in [1.807, 2.05) is 32.2 Å². The van der Waals surface area contributed by atoms with Crippen LogP contribution in [0.2, 0.25) is 0 Å². The third-order valence-electron chi connectivity index (χ3n) is 2.01. The molecule has 0 radical (unpaired) electrons. The summed E-state index contributed by atoms with van der Waals surface area (Å²) in [5, 5.41) is 7.57. The molecule has 0 aliphatic rings. The molecule has 76 valence electrons. The van der Waals surface area contributed by atoms with Gasteiger partial charge in [0, 0.05) is 13.7 Å². The third-order valence-corrected chi connectivity index (χ3v) is 2.01. The van der Waals surface area contributed by atoms with Gasteiger partial charge in [0.25, 0.3) is 0 Å². The van der Waals surface area contributed by atoms with Crippen LogP contribution in [0.1, 0.15) is 12.7 Å². The predicted octanol–water partition coefficient (Wildman–Crippen LogP) is 1.88. The number of aromatic nitrogens is 2. The molecule has 0 saturated heterocycles. The minimum Gasteiger partial charge on any atom is -0.397 e. The molecule has 2 rings (SSSR count). The highest BCUT2D eigenvalue weighted by atomic mass is 16.2. The van der Waals surface area contributed by atoms with Gasteiger partial charge in [-0.05, 0) is 26.0 Å². The van der Waals surface area contributed by atoms with E-state index in [1.54, 1.807) is 6.92 Å². The summed E-state index contributed by atoms with van der Waals surface area (Å²) >= 11 is 0. The number of aliphatic hydroxyl groups is 1. The molecule has 0 unspecified atom stereocenters. The van der Waals surface area contributed by atoms with Gasteiger partial charge in [-0.3, -0.25) is 0 Å². The Morgan fingerprint density at radius 3 is 2.50 bits per heavy atom. The predicted molar refractivity (Wildman–Crippen MR) is 58.2 cm³/mol. The van der Waals surface area contributed by atoms with Gasteiger partial charge in [-0.1, -0.05) is 12.1 Å². The molecule has 0 amide bonds. The van der Waals surface area contributed by atoms with E-state index in [0.717, 1.165) is 11.3 Å². The van der Waals surface area contributed by atoms with E-state index in [-0.39, 0.29) is 6.61 Å². The highest BCUT2D eigenvalue weighted by Crippen LogP contribution is 2.12. The molecule has 0 bridgehead atoms. The maximum absolute atomic E-state index is 7.57. The molecule has 1 aromatic heterocycles. The zero-order valence-electron chi connectivity index (χ0n) is 8.86. The second-order valence-corrected chi connectivity index (χ2v) is 3.02. The first-order chi connectivity index (χ1) is 6.70. The minimum absolute atomic E-state index is 0.250. The van der Waals surface area contributed by atoms with Gasteiger partial charge in [-0.25, -0.2) is 4.98 Å². The fraction of sp³-hybridized carbons (Fsp3) is 0.364. The Morgan fingerprint density at radius 2 is 1.93 bits per heavy atom. The van der Waals surface area contributed by atoms with Crippen molar-refractivity contribution >= 4 is 11.0 Å². The number of hydrogen-bond acceptors (Lipinski definition) is 2. The van der Waals surface area contributed by atoms with E-state index in [9.17, 15) is 0 Å². The van der Waals surface area contributed by atoms with Gasteiger partial charge < -0.3 is 9.67 Å². The summed E-state index contributed by atoms with van der Waals surface area (Å²) in [6, 6.07) is 8.15. The van der Waals surface area contributed by atoms with Crippen LogP contribution in [-0.2, 0) is 7.05 Å². The monoisotopic (exact) mass is 192 g/mol. The van der Waals surface area contributed by atoms with Gasteiger partial charge in [0.15, 0.2) is 0 Å². The van der Waals surface area contributed by atoms with Crippen LogP contribution in [0.4, 0.5) is 0 Å². The summed E-state index contributed by atoms with van der Waals surface area (Å²) in [5.41, 5.74) is 2.28. The molecule has 3 nitrogen and oxygen atoms in total. The Bertz CT molecular complexity index is 407. The lowest BCUT2D eigenvalue weighted by atomic mass is 10.3. The lowest BCUT2D eigenvalue weighted by molar-refractivity contribution is 0.318. The second-order valence-electron chi connectivity index (χ2n) is 3.02. The molecule has 1 heterocycles. The SMILES string of the molecule is CCO.Cc1nc2ccccc2n1C. The largest absolute Gasteiger partial charge is 0.397 e. The van der Waals surface area contributed by atoms with Crippen molar-refractivity contribution in [3.8, 4) is 0 Å². The average molecular weight is 192 g/mol. The van der Waals surface area contributed by atoms with Crippen molar-refractivity contribution in [3.05, 3.63) is 30.1 Å². The Balaban J connectivity index is 0.000000293. The van der Waals surface area contributed by atoms with Crippen LogP contribution >= 0.6 is 0 Å². The highest BCUT2D eigenvalue weighted by molar-refractivity contribution is 5.75. The van der Waals surface area contributed by atoms with Crippen molar-refractivity contribution in [2.24, 2.45) is 7.05 Å². The van der Waals surface area contributed by atoms with Crippen molar-refractivity contribution in [2.75, 3.05) is 6.61 Å². The van der Waals surface area contributed by atoms with Gasteiger partial charge in [0.2, 0.25) is 0 Å². The third kappa shape index (κ3) is 2.12. The number of aryl methyl sites for hydroxylation is 2. The molecule has 0 atom stereocenters. The standard InChI is InChI=1S/C9H10N2.C2H6O/c1-7-10-8-5-3-4-6-9(8)11(7)2;1-2-3/h3-6H,1-2H3;3H,2H2,1H3. The Hall–Kier alpha value is -1.35. The van der Waals surface area contributed by atoms with Gasteiger partial charge in [0.05, 0.1) is 11.0 Å². The summed E-state index contributed by atoms with van der Waals surface area (Å²) < 4.78 is 2.09. The fourth-order valence-corrected chi connectivity index (χ4v) is 1.27. The second kappa shape index (κ2) is 4.77. The van der Waals surface area contributed by atoms with Crippen LogP contribution in [0.25, 0.3) is 11.0 Å². The molecule has 0 aliphatic carbocycles. The van der Waals surface area contributed by atoms with Crippen molar-refractivity contribution < 1.29 is 5.11 Å². The lowest BCUT2D eigenvalue weighted by Gasteiger charge is -1.93. The summed E-state index contributed by atoms with van der Waals surface area (Å²) in [6.45, 7) is 3.94. The summed E-state index contributed by atoms with van der Waals surface area (Å²) in [4.78, 5) is 4.38. The van der Waals surface area contributed by atoms with Crippen molar-refractivity contribution in [1.29, 1.82) is 0 Å². The van der Waals surface area contributed by atoms with Crippen LogP contribution in [0, 0.1) is 6.92 Å². The van der Waals surface area contributed by atoms with Crippen LogP contribution in [0.5, 0.6) is 0 Å². The zero-order chi connectivity index (χ0) is 10.6. The molecule has 0 fully saturated rings. The number of benzene rings is 1. The molecule has 3 heteroatoms. The molecule has 0 aliphatic heterocycles. The summed E-state index contributed by atoms with van der Waals surface area (Å²) in [7, 11) is 2.03. The number of rotatable bonds is 0. The minimum atomic E-state index is 0.250. The maximum Gasteiger partial charge on any atom is 0.106 e. The number of nitrogens with zero attached hydrogens (tertiary/aromatic N) is 2. The van der Waals surface area contributed by atoms with Crippen LogP contribution < -0.4 is 0 Å². The van der Waals surface area contributed by atoms with E-state index in [4.69, 9.17) is 5.11 Å². The fourth-order valence-electron chi connectivity index (χ4n) is 1.27. The molecule has 1 N–H and O–H groups in total. The molecule has 14 heavy (non-hydrogen) atoms. The number of para-hydroxylation sites is 2. The van der Waals surface area contributed by atoms with Crippen LogP contribution in [0.3, 0.4) is 0 Å². The van der Waals surface area contributed by atoms with E-state index in [2.05, 4.69) is 15.6 Å². The number of fused-ring (bicyclic) bond motifs is 1. The number of hydrogen-bond donors (Lipinski definition) is 1. The van der Waals surface area contributed by atoms with Gasteiger partial charge >= 0.3 is 0 Å². The molecule has 2 aromatic rings. The molecule has 0 spiro atoms. The first kappa shape index (κ1) is 10.7. The topological polar surface area (TPSA) is 38.1 Å². The zero-order valence-corrected chi connectivity index (χ0v) is 8.86. The summed E-state index contributed by atoms with van der Waals surface area (Å²) in [5.74, 6) is 1.06. The Morgan fingerprint density at radius 1 is 1.36 bits per heavy atom. The number of imidazole rings is 1. The van der Waals surface area contributed by atoms with Crippen LogP contribution in [-0.4, -0.2) is 21.3 Å². The van der Waals surface area contributed by atoms with Gasteiger partial charge in [-0.15, -0.1) is 0 Å². The highest BCUT2D eigenvalue weighted by Gasteiger charge is 2.00. The smallest absolute Gasteiger partial charge is 0.106 e. The summed E-state index contributed by atoms with van der Waals surface area (Å²) in [6.07, 6.45) is 0. The van der Waals surface area contributed by atoms with Gasteiger partial charge in [-0.2, -0.15) is 0 Å².